The van der Waals surface area contributed by atoms with Crippen molar-refractivity contribution >= 4 is 89.5 Å². The quantitative estimate of drug-likeness (QED) is 0.0515. The zero-order valence-electron chi connectivity index (χ0n) is 60.3. The van der Waals surface area contributed by atoms with Crippen molar-refractivity contribution in [2.75, 3.05) is 21.3 Å². The molecule has 114 heavy (non-hydrogen) atoms. The van der Waals surface area contributed by atoms with Gasteiger partial charge in [0.25, 0.3) is 23.6 Å². The van der Waals surface area contributed by atoms with E-state index in [0.29, 0.717) is 119 Å². The fraction of sp³-hybridized carbons (Fsp3) is 0.143. The molecule has 12 aromatic heterocycles. The Morgan fingerprint density at radius 3 is 1.00 bits per heavy atom. The van der Waals surface area contributed by atoms with E-state index in [4.69, 9.17) is 18.1 Å². The van der Waals surface area contributed by atoms with Crippen LogP contribution in [0.5, 0.6) is 0 Å². The van der Waals surface area contributed by atoms with Crippen molar-refractivity contribution in [1.82, 2.24) is 99.6 Å². The van der Waals surface area contributed by atoms with Crippen LogP contribution in [0.15, 0.2) is 128 Å². The van der Waals surface area contributed by atoms with E-state index in [0.717, 1.165) is 79.4 Å². The number of hydrogen-bond donors (Lipinski definition) is 4. The molecule has 44 heteroatoms. The maximum absolute atomic E-state index is 14.0. The Kier molecular flexibility index (Phi) is 22.6. The highest BCUT2D eigenvalue weighted by Gasteiger charge is 2.27. The number of aryl methyl sites for hydroxylation is 10. The molecule has 0 atom stereocenters. The van der Waals surface area contributed by atoms with Gasteiger partial charge in [0.1, 0.15) is 74.4 Å². The molecule has 0 radical (unpaired) electrons. The molecule has 0 aliphatic rings. The molecule has 0 aliphatic carbocycles. The molecular formula is C70H52F8N24O8S4. The molecule has 4 N–H and O–H groups in total. The first kappa shape index (κ1) is 78.2. The maximum atomic E-state index is 14.0. The van der Waals surface area contributed by atoms with Gasteiger partial charge in [-0.05, 0) is 86.1 Å². The second-order valence-electron chi connectivity index (χ2n) is 23.9. The minimum Gasteiger partial charge on any atom is -0.339 e. The SMILES string of the molecule is Cc1nc(-c2cc(-c3cnc(NC(=O)c4c(C)cccc4F)s3)n(C)n2)no1.Cc1nc(-c2cc(-c3cnc(NC(=O)c4c(F)ccc(F)c4F)s3)n(C)n2)no1.Cc1nc(-c2cc(-c3cnc(NC(=O)c4c(F)cccc4F)s3)n(C)n2)no1.Cc1nc(-c2cc(-c3sc(NC(=O)c4c(F)cccc4F)nc3C)n(C)n2)no1. The summed E-state index contributed by atoms with van der Waals surface area (Å²) in [5.41, 5.74) is 3.77. The number of hydrogen-bond acceptors (Lipinski definition) is 28. The van der Waals surface area contributed by atoms with Gasteiger partial charge in [-0.3, -0.25) is 59.2 Å². The number of halogens is 8. The summed E-state index contributed by atoms with van der Waals surface area (Å²) >= 11 is 4.60. The van der Waals surface area contributed by atoms with E-state index in [1.807, 2.05) is 6.07 Å². The summed E-state index contributed by atoms with van der Waals surface area (Å²) in [6.45, 7) is 10.2. The lowest BCUT2D eigenvalue weighted by atomic mass is 10.1. The summed E-state index contributed by atoms with van der Waals surface area (Å²) in [6.07, 6.45) is 4.61. The van der Waals surface area contributed by atoms with Gasteiger partial charge in [0.05, 0.1) is 53.5 Å². The van der Waals surface area contributed by atoms with Crippen LogP contribution in [0, 0.1) is 88.1 Å². The molecule has 0 saturated carbocycles. The number of rotatable bonds is 16. The van der Waals surface area contributed by atoms with Crippen molar-refractivity contribution in [2.45, 2.75) is 41.5 Å². The molecular weight excluding hydrogens is 1590 g/mol. The summed E-state index contributed by atoms with van der Waals surface area (Å²) in [4.78, 5) is 85.1. The van der Waals surface area contributed by atoms with E-state index < -0.39 is 86.9 Å². The third-order valence-electron chi connectivity index (χ3n) is 15.8. The van der Waals surface area contributed by atoms with Crippen LogP contribution in [-0.2, 0) is 28.2 Å². The third kappa shape index (κ3) is 17.2. The number of nitrogens with zero attached hydrogens (tertiary/aromatic N) is 20. The lowest BCUT2D eigenvalue weighted by Gasteiger charge is -2.06. The summed E-state index contributed by atoms with van der Waals surface area (Å²) in [5, 5.41) is 43.4. The van der Waals surface area contributed by atoms with Gasteiger partial charge >= 0.3 is 0 Å². The van der Waals surface area contributed by atoms with Gasteiger partial charge in [-0.25, -0.2) is 55.1 Å². The topological polar surface area (TPSA) is 395 Å². The number of carbonyl (C=O) groups is 4. The van der Waals surface area contributed by atoms with Crippen molar-refractivity contribution < 1.29 is 72.4 Å². The normalized spacial score (nSPS) is 11.0. The molecule has 16 aromatic rings. The fourth-order valence-corrected chi connectivity index (χ4v) is 14.2. The molecule has 12 heterocycles. The molecule has 0 bridgehead atoms. The number of aromatic nitrogens is 20. The number of carbonyl (C=O) groups excluding carboxylic acids is 4. The highest BCUT2D eigenvalue weighted by atomic mass is 32.1. The Bertz CT molecular complexity index is 6080. The van der Waals surface area contributed by atoms with Crippen LogP contribution in [0.25, 0.3) is 88.4 Å². The van der Waals surface area contributed by atoms with Crippen LogP contribution in [-0.4, -0.2) is 123 Å². The lowest BCUT2D eigenvalue weighted by molar-refractivity contribution is 0.100. The van der Waals surface area contributed by atoms with Gasteiger partial charge in [-0.15, -0.1) is 0 Å². The highest BCUT2D eigenvalue weighted by molar-refractivity contribution is 7.20. The monoisotopic (exact) mass is 1640 g/mol. The second kappa shape index (κ2) is 33.0. The number of anilines is 4. The summed E-state index contributed by atoms with van der Waals surface area (Å²) in [7, 11) is 6.96. The minimum atomic E-state index is -1.56. The van der Waals surface area contributed by atoms with Crippen LogP contribution in [0.2, 0.25) is 0 Å². The standard InChI is InChI=1S/C18H14F2N6O2S.C18H15FN6O2S.C17H11F3N6O2S.C17H12F2N6O2S/c1-8-15(13-7-12(24-26(13)3)16-22-9(2)28-25-16)29-18(21-8)23-17(27)14-10(19)5-4-6-11(14)20;1-9-5-4-6-11(19)15(9)17(26)22-18-20-8-14(28-18)13-7-12(23-25(13)3)16-21-10(2)27-24-16;1-7-22-15(25-28-7)10-5-11(26(2)24-10)12-6-21-17(29-12)23-16(27)13-8(18)3-4-9(19)14(13)20;1-8-21-15(24-27-8)11-6-12(25(2)23-11)13-7-20-17(28-13)22-16(26)14-9(18)4-3-5-10(14)19/h4-7H,1-3H3,(H,21,23,27);4-8H,1-3H3,(H,20,22,26);3-6H,1-2H3,(H,21,23,27);3-7H,1-2H3,(H,20,22,26). The molecule has 4 amide bonds. The van der Waals surface area contributed by atoms with Crippen LogP contribution in [0.1, 0.15) is 76.3 Å². The smallest absolute Gasteiger partial charge is 0.263 e. The number of nitrogens with one attached hydrogen (secondary N) is 4. The van der Waals surface area contributed by atoms with Crippen molar-refractivity contribution in [3.8, 4) is 88.4 Å². The van der Waals surface area contributed by atoms with E-state index in [1.165, 1.54) is 41.9 Å². The fourth-order valence-electron chi connectivity index (χ4n) is 10.6. The average Bonchev–Trinajstić information content (AvgIpc) is 1.69. The number of amides is 4. The number of benzene rings is 4. The summed E-state index contributed by atoms with van der Waals surface area (Å²) < 4.78 is 136. The molecule has 0 fully saturated rings. The van der Waals surface area contributed by atoms with E-state index in [2.05, 4.69) is 102 Å². The minimum absolute atomic E-state index is 0.00884. The largest absolute Gasteiger partial charge is 0.339 e. The highest BCUT2D eigenvalue weighted by Crippen LogP contribution is 2.38. The Hall–Kier alpha value is -13.9. The first-order valence-corrected chi connectivity index (χ1v) is 36.0. The van der Waals surface area contributed by atoms with Gasteiger partial charge in [0.15, 0.2) is 32.2 Å². The van der Waals surface area contributed by atoms with Crippen LogP contribution < -0.4 is 21.3 Å². The zero-order valence-corrected chi connectivity index (χ0v) is 63.5. The van der Waals surface area contributed by atoms with Crippen molar-refractivity contribution in [2.24, 2.45) is 28.2 Å². The lowest BCUT2D eigenvalue weighted by Crippen LogP contribution is -2.16. The molecule has 0 spiro atoms. The van der Waals surface area contributed by atoms with Gasteiger partial charge < -0.3 is 18.1 Å². The summed E-state index contributed by atoms with van der Waals surface area (Å²) in [5.74, 6) is -8.79. The summed E-state index contributed by atoms with van der Waals surface area (Å²) in [6, 6.07) is 19.3. The Labute approximate surface area is 650 Å². The van der Waals surface area contributed by atoms with E-state index in [-0.39, 0.29) is 21.0 Å². The molecule has 0 unspecified atom stereocenters. The Balaban J connectivity index is 0.000000133. The van der Waals surface area contributed by atoms with Gasteiger partial charge in [0, 0.05) is 74.5 Å². The molecule has 0 aliphatic heterocycles. The van der Waals surface area contributed by atoms with Crippen LogP contribution in [0.4, 0.5) is 55.6 Å². The zero-order chi connectivity index (χ0) is 81.1. The molecule has 16 rings (SSSR count). The molecule has 580 valence electrons. The predicted octanol–water partition coefficient (Wildman–Crippen LogP) is 14.3. The van der Waals surface area contributed by atoms with E-state index >= 15 is 0 Å². The third-order valence-corrected chi connectivity index (χ3v) is 19.7. The van der Waals surface area contributed by atoms with E-state index in [9.17, 15) is 54.3 Å². The molecule has 4 aromatic carbocycles. The Morgan fingerprint density at radius 2 is 0.649 bits per heavy atom. The van der Waals surface area contributed by atoms with Gasteiger partial charge in [-0.2, -0.15) is 40.3 Å². The van der Waals surface area contributed by atoms with Crippen molar-refractivity contribution in [3.05, 3.63) is 213 Å². The molecule has 0 saturated heterocycles. The van der Waals surface area contributed by atoms with Gasteiger partial charge in [0.2, 0.25) is 46.9 Å². The van der Waals surface area contributed by atoms with Crippen LogP contribution >= 0.6 is 45.3 Å². The predicted molar refractivity (Wildman–Crippen MR) is 396 cm³/mol. The first-order valence-electron chi connectivity index (χ1n) is 32.8. The maximum Gasteiger partial charge on any atom is 0.263 e. The van der Waals surface area contributed by atoms with Crippen molar-refractivity contribution in [1.29, 1.82) is 0 Å². The van der Waals surface area contributed by atoms with Gasteiger partial charge in [-0.1, -0.05) is 90.2 Å². The molecule has 32 nitrogen and oxygen atoms in total. The van der Waals surface area contributed by atoms with E-state index in [1.54, 1.807) is 125 Å². The average molecular weight is 1640 g/mol. The van der Waals surface area contributed by atoms with Crippen molar-refractivity contribution in [3.63, 3.8) is 0 Å². The second-order valence-corrected chi connectivity index (χ2v) is 28.0. The first-order chi connectivity index (χ1) is 54.5. The Morgan fingerprint density at radius 1 is 0.351 bits per heavy atom. The van der Waals surface area contributed by atoms with Crippen LogP contribution in [0.3, 0.4) is 0 Å². The number of thiazole rings is 4.